The molecule has 1 aliphatic rings. The third-order valence-electron chi connectivity index (χ3n) is 1.87. The van der Waals surface area contributed by atoms with E-state index in [2.05, 4.69) is 20.9 Å². The van der Waals surface area contributed by atoms with Gasteiger partial charge in [0.15, 0.2) is 0 Å². The molecule has 0 N–H and O–H groups in total. The fourth-order valence-electron chi connectivity index (χ4n) is 1.25. The number of hydrogen-bond donors (Lipinski definition) is 0. The number of halogens is 3. The molecule has 0 spiro atoms. The Hall–Kier alpha value is -0.710. The number of nitrogens with zero attached hydrogens (tertiary/aromatic N) is 2. The maximum absolute atomic E-state index is 12.5. The number of pyridine rings is 1. The monoisotopic (exact) mass is 248 g/mol. The molecule has 0 saturated carbocycles. The van der Waals surface area contributed by atoms with Crippen molar-refractivity contribution < 1.29 is 8.78 Å². The van der Waals surface area contributed by atoms with Crippen molar-refractivity contribution in [2.24, 2.45) is 0 Å². The Morgan fingerprint density at radius 3 is 2.62 bits per heavy atom. The molecular weight excluding hydrogens is 242 g/mol. The molecule has 1 saturated heterocycles. The maximum Gasteiger partial charge on any atom is 0.282 e. The third-order valence-corrected chi connectivity index (χ3v) is 2.31. The molecule has 1 aromatic rings. The van der Waals surface area contributed by atoms with Gasteiger partial charge >= 0.3 is 0 Å². The smallest absolute Gasteiger partial charge is 0.282 e. The van der Waals surface area contributed by atoms with Gasteiger partial charge in [-0.05, 0) is 28.1 Å². The number of hydrogen-bond acceptors (Lipinski definition) is 2. The first-order valence-electron chi connectivity index (χ1n) is 3.82. The first-order valence-corrected chi connectivity index (χ1v) is 4.61. The first-order chi connectivity index (χ1) is 6.07. The Bertz CT molecular complexity index is 322. The molecule has 13 heavy (non-hydrogen) atoms. The van der Waals surface area contributed by atoms with Crippen LogP contribution in [0.1, 0.15) is 0 Å². The van der Waals surface area contributed by atoms with E-state index in [0.29, 0.717) is 10.4 Å². The Kier molecular flexibility index (Phi) is 1.98. The van der Waals surface area contributed by atoms with Gasteiger partial charge in [-0.2, -0.15) is 0 Å². The van der Waals surface area contributed by atoms with Crippen molar-refractivity contribution in [1.29, 1.82) is 0 Å². The molecule has 2 rings (SSSR count). The van der Waals surface area contributed by atoms with E-state index in [9.17, 15) is 8.78 Å². The van der Waals surface area contributed by atoms with E-state index in [1.165, 1.54) is 0 Å². The van der Waals surface area contributed by atoms with Crippen LogP contribution in [0.15, 0.2) is 22.8 Å². The first kappa shape index (κ1) is 8.87. The molecule has 2 heterocycles. The molecule has 0 atom stereocenters. The zero-order valence-electron chi connectivity index (χ0n) is 6.67. The maximum atomic E-state index is 12.5. The van der Waals surface area contributed by atoms with Gasteiger partial charge in [0.1, 0.15) is 10.4 Å². The van der Waals surface area contributed by atoms with Crippen LogP contribution < -0.4 is 4.90 Å². The van der Waals surface area contributed by atoms with Crippen LogP contribution in [0.2, 0.25) is 0 Å². The summed E-state index contributed by atoms with van der Waals surface area (Å²) in [6.07, 6.45) is 0. The minimum atomic E-state index is -2.54. The second-order valence-corrected chi connectivity index (χ2v) is 3.84. The topological polar surface area (TPSA) is 16.1 Å². The van der Waals surface area contributed by atoms with Gasteiger partial charge in [-0.3, -0.25) is 0 Å². The zero-order chi connectivity index (χ0) is 9.47. The molecule has 5 heteroatoms. The van der Waals surface area contributed by atoms with E-state index in [1.54, 1.807) is 23.1 Å². The lowest BCUT2D eigenvalue weighted by molar-refractivity contribution is -0.0267. The summed E-state index contributed by atoms with van der Waals surface area (Å²) in [7, 11) is 0. The number of anilines is 1. The van der Waals surface area contributed by atoms with Crippen molar-refractivity contribution in [1.82, 2.24) is 4.98 Å². The van der Waals surface area contributed by atoms with Crippen molar-refractivity contribution in [2.45, 2.75) is 5.92 Å². The predicted octanol–water partition coefficient (Wildman–Crippen LogP) is 2.30. The molecule has 70 valence electrons. The number of aromatic nitrogens is 1. The average molecular weight is 249 g/mol. The Morgan fingerprint density at radius 1 is 1.38 bits per heavy atom. The summed E-state index contributed by atoms with van der Waals surface area (Å²) in [5.74, 6) is -1.94. The fraction of sp³-hybridized carbons (Fsp3) is 0.375. The van der Waals surface area contributed by atoms with Gasteiger partial charge in [0.05, 0.1) is 13.1 Å². The van der Waals surface area contributed by atoms with Crippen molar-refractivity contribution in [3.8, 4) is 0 Å². The summed E-state index contributed by atoms with van der Waals surface area (Å²) in [6.45, 7) is -0.451. The van der Waals surface area contributed by atoms with E-state index in [-0.39, 0.29) is 13.1 Å². The quantitative estimate of drug-likeness (QED) is 0.710. The molecule has 2 nitrogen and oxygen atoms in total. The minimum absolute atomic E-state index is 0.226. The summed E-state index contributed by atoms with van der Waals surface area (Å²) >= 11 is 3.19. The van der Waals surface area contributed by atoms with Crippen LogP contribution in [0.5, 0.6) is 0 Å². The third kappa shape index (κ3) is 1.80. The van der Waals surface area contributed by atoms with Crippen LogP contribution in [0, 0.1) is 0 Å². The summed E-state index contributed by atoms with van der Waals surface area (Å²) in [5, 5.41) is 0. The Labute approximate surface area is 82.7 Å². The van der Waals surface area contributed by atoms with Gasteiger partial charge in [0.2, 0.25) is 0 Å². The van der Waals surface area contributed by atoms with Gasteiger partial charge in [-0.15, -0.1) is 0 Å². The fourth-order valence-corrected chi connectivity index (χ4v) is 1.58. The van der Waals surface area contributed by atoms with Crippen LogP contribution in [-0.4, -0.2) is 24.0 Å². The van der Waals surface area contributed by atoms with Crippen molar-refractivity contribution in [2.75, 3.05) is 18.0 Å². The lowest BCUT2D eigenvalue weighted by Crippen LogP contribution is -2.56. The van der Waals surface area contributed by atoms with E-state index in [1.807, 2.05) is 0 Å². The largest absolute Gasteiger partial charge is 0.344 e. The van der Waals surface area contributed by atoms with E-state index < -0.39 is 5.92 Å². The van der Waals surface area contributed by atoms with Crippen LogP contribution in [0.25, 0.3) is 0 Å². The average Bonchev–Trinajstić information content (AvgIpc) is 2.00. The molecule has 1 fully saturated rings. The molecule has 0 aromatic carbocycles. The van der Waals surface area contributed by atoms with Crippen molar-refractivity contribution >= 4 is 21.7 Å². The molecular formula is C8H7BrF2N2. The summed E-state index contributed by atoms with van der Waals surface area (Å²) in [4.78, 5) is 5.62. The van der Waals surface area contributed by atoms with Crippen LogP contribution in [0.3, 0.4) is 0 Å². The summed E-state index contributed by atoms with van der Waals surface area (Å²) < 4.78 is 25.7. The van der Waals surface area contributed by atoms with Gasteiger partial charge < -0.3 is 4.90 Å². The van der Waals surface area contributed by atoms with Crippen molar-refractivity contribution in [3.63, 3.8) is 0 Å². The lowest BCUT2D eigenvalue weighted by Gasteiger charge is -2.39. The van der Waals surface area contributed by atoms with Crippen molar-refractivity contribution in [3.05, 3.63) is 22.8 Å². The molecule has 0 unspecified atom stereocenters. The van der Waals surface area contributed by atoms with Crippen LogP contribution in [0.4, 0.5) is 14.6 Å². The van der Waals surface area contributed by atoms with Gasteiger partial charge in [-0.25, -0.2) is 13.8 Å². The lowest BCUT2D eigenvalue weighted by atomic mass is 10.1. The highest BCUT2D eigenvalue weighted by atomic mass is 79.9. The predicted molar refractivity (Wildman–Crippen MR) is 49.1 cm³/mol. The van der Waals surface area contributed by atoms with Gasteiger partial charge in [0.25, 0.3) is 5.92 Å². The molecule has 0 radical (unpaired) electrons. The van der Waals surface area contributed by atoms with E-state index in [0.717, 1.165) is 0 Å². The Morgan fingerprint density at radius 2 is 2.08 bits per heavy atom. The summed E-state index contributed by atoms with van der Waals surface area (Å²) in [5.41, 5.74) is 0. The molecule has 1 aliphatic heterocycles. The highest BCUT2D eigenvalue weighted by Gasteiger charge is 2.44. The SMILES string of the molecule is FC1(F)CN(c2cccc(Br)n2)C1. The zero-order valence-corrected chi connectivity index (χ0v) is 8.26. The second-order valence-electron chi connectivity index (χ2n) is 3.03. The van der Waals surface area contributed by atoms with E-state index >= 15 is 0 Å². The van der Waals surface area contributed by atoms with Crippen LogP contribution >= 0.6 is 15.9 Å². The molecule has 0 bridgehead atoms. The number of alkyl halides is 2. The van der Waals surface area contributed by atoms with Crippen LogP contribution in [-0.2, 0) is 0 Å². The molecule has 0 amide bonds. The molecule has 0 aliphatic carbocycles. The highest BCUT2D eigenvalue weighted by molar-refractivity contribution is 9.10. The standard InChI is InChI=1S/C8H7BrF2N2/c9-6-2-1-3-7(12-6)13-4-8(10,11)5-13/h1-3H,4-5H2. The van der Waals surface area contributed by atoms with Gasteiger partial charge in [-0.1, -0.05) is 6.07 Å². The van der Waals surface area contributed by atoms with E-state index in [4.69, 9.17) is 0 Å². The Balaban J connectivity index is 2.11. The molecule has 1 aromatic heterocycles. The van der Waals surface area contributed by atoms with Gasteiger partial charge in [0, 0.05) is 0 Å². The minimum Gasteiger partial charge on any atom is -0.344 e. The highest BCUT2D eigenvalue weighted by Crippen LogP contribution is 2.30. The number of rotatable bonds is 1. The normalized spacial score (nSPS) is 19.8. The summed E-state index contributed by atoms with van der Waals surface area (Å²) in [6, 6.07) is 5.27. The second kappa shape index (κ2) is 2.90.